The molecule has 3 rings (SSSR count). The smallest absolute Gasteiger partial charge is 0.165 e. The number of rotatable bonds is 4. The van der Waals surface area contributed by atoms with E-state index >= 15 is 0 Å². The molecule has 1 aromatic rings. The molecule has 2 aliphatic heterocycles. The number of benzene rings is 1. The summed E-state index contributed by atoms with van der Waals surface area (Å²) < 4.78 is 11.0. The quantitative estimate of drug-likeness (QED) is 0.922. The third-order valence-electron chi connectivity index (χ3n) is 5.06. The third-order valence-corrected chi connectivity index (χ3v) is 5.06. The lowest BCUT2D eigenvalue weighted by Gasteiger charge is -2.34. The van der Waals surface area contributed by atoms with Crippen molar-refractivity contribution >= 4 is 12.4 Å². The van der Waals surface area contributed by atoms with Gasteiger partial charge in [-0.2, -0.15) is 0 Å². The van der Waals surface area contributed by atoms with E-state index in [0.29, 0.717) is 5.41 Å². The van der Waals surface area contributed by atoms with Gasteiger partial charge in [0.15, 0.2) is 11.5 Å². The topological polar surface area (TPSA) is 33.7 Å². The van der Waals surface area contributed by atoms with Crippen LogP contribution in [0.4, 0.5) is 0 Å². The molecule has 1 aromatic carbocycles. The van der Waals surface area contributed by atoms with Crippen molar-refractivity contribution in [3.8, 4) is 11.5 Å². The Morgan fingerprint density at radius 2 is 1.91 bits per heavy atom. The Morgan fingerprint density at radius 3 is 2.59 bits per heavy atom. The van der Waals surface area contributed by atoms with Crippen LogP contribution in [0, 0.1) is 5.41 Å². The number of nitrogens with zero attached hydrogens (tertiary/aromatic N) is 1. The highest BCUT2D eigenvalue weighted by atomic mass is 35.5. The molecule has 22 heavy (non-hydrogen) atoms. The zero-order chi connectivity index (χ0) is 14.7. The Kier molecular flexibility index (Phi) is 5.95. The van der Waals surface area contributed by atoms with Crippen LogP contribution in [0.2, 0.25) is 0 Å². The predicted octanol–water partition coefficient (Wildman–Crippen LogP) is 2.70. The third kappa shape index (κ3) is 3.50. The first-order valence-corrected chi connectivity index (χ1v) is 7.89. The summed E-state index contributed by atoms with van der Waals surface area (Å²) in [6.07, 6.45) is 3.97. The molecule has 0 aliphatic carbocycles. The van der Waals surface area contributed by atoms with E-state index in [2.05, 4.69) is 16.3 Å². The van der Waals surface area contributed by atoms with Gasteiger partial charge in [-0.25, -0.2) is 0 Å². The van der Waals surface area contributed by atoms with Crippen LogP contribution < -0.4 is 14.8 Å². The highest BCUT2D eigenvalue weighted by Gasteiger charge is 2.38. The monoisotopic (exact) mass is 326 g/mol. The first-order valence-electron chi connectivity index (χ1n) is 7.89. The van der Waals surface area contributed by atoms with Gasteiger partial charge in [0.1, 0.15) is 0 Å². The maximum absolute atomic E-state index is 5.55. The second kappa shape index (κ2) is 7.53. The maximum Gasteiger partial charge on any atom is 0.165 e. The highest BCUT2D eigenvalue weighted by molar-refractivity contribution is 5.85. The average molecular weight is 327 g/mol. The molecular formula is C17H27ClN2O2. The summed E-state index contributed by atoms with van der Waals surface area (Å²) in [7, 11) is 3.42. The van der Waals surface area contributed by atoms with Crippen LogP contribution in [-0.2, 0) is 6.54 Å². The number of nitrogens with one attached hydrogen (secondary N) is 1. The van der Waals surface area contributed by atoms with Gasteiger partial charge in [-0.1, -0.05) is 12.1 Å². The molecule has 1 N–H and O–H groups in total. The predicted molar refractivity (Wildman–Crippen MR) is 91.2 cm³/mol. The summed E-state index contributed by atoms with van der Waals surface area (Å²) in [4.78, 5) is 2.57. The molecule has 5 heteroatoms. The molecule has 0 bridgehead atoms. The van der Waals surface area contributed by atoms with Gasteiger partial charge >= 0.3 is 0 Å². The standard InChI is InChI=1S/C17H26N2O2.ClH/c1-20-15-5-3-4-14(16(15)21-2)12-19-11-8-17(13-19)6-9-18-10-7-17;/h3-5,18H,6-13H2,1-2H3;1H. The number of halogens is 1. The summed E-state index contributed by atoms with van der Waals surface area (Å²) in [5.74, 6) is 1.71. The van der Waals surface area contributed by atoms with Crippen molar-refractivity contribution in [2.75, 3.05) is 40.4 Å². The molecule has 0 unspecified atom stereocenters. The van der Waals surface area contributed by atoms with Crippen LogP contribution >= 0.6 is 12.4 Å². The van der Waals surface area contributed by atoms with Gasteiger partial charge in [0.2, 0.25) is 0 Å². The molecule has 0 aromatic heterocycles. The Morgan fingerprint density at radius 1 is 1.14 bits per heavy atom. The minimum absolute atomic E-state index is 0. The number of piperidine rings is 1. The van der Waals surface area contributed by atoms with Crippen molar-refractivity contribution in [3.63, 3.8) is 0 Å². The molecular weight excluding hydrogens is 300 g/mol. The Hall–Kier alpha value is -0.970. The molecule has 4 nitrogen and oxygen atoms in total. The van der Waals surface area contributed by atoms with Gasteiger partial charge < -0.3 is 14.8 Å². The van der Waals surface area contributed by atoms with Gasteiger partial charge in [-0.3, -0.25) is 4.90 Å². The summed E-state index contributed by atoms with van der Waals surface area (Å²) >= 11 is 0. The molecule has 0 amide bonds. The van der Waals surface area contributed by atoms with Crippen LogP contribution in [0.15, 0.2) is 18.2 Å². The number of methoxy groups -OCH3 is 2. The molecule has 0 saturated carbocycles. The molecule has 2 fully saturated rings. The van der Waals surface area contributed by atoms with Crippen LogP contribution in [0.5, 0.6) is 11.5 Å². The molecule has 2 aliphatic rings. The number of hydrogen-bond acceptors (Lipinski definition) is 4. The van der Waals surface area contributed by atoms with E-state index < -0.39 is 0 Å². The second-order valence-corrected chi connectivity index (χ2v) is 6.36. The summed E-state index contributed by atoms with van der Waals surface area (Å²) in [6.45, 7) is 5.72. The van der Waals surface area contributed by atoms with Gasteiger partial charge in [-0.05, 0) is 50.4 Å². The van der Waals surface area contributed by atoms with E-state index in [4.69, 9.17) is 9.47 Å². The van der Waals surface area contributed by atoms with Gasteiger partial charge in [-0.15, -0.1) is 12.4 Å². The van der Waals surface area contributed by atoms with Crippen molar-refractivity contribution in [2.24, 2.45) is 5.41 Å². The second-order valence-electron chi connectivity index (χ2n) is 6.36. The average Bonchev–Trinajstić information content (AvgIpc) is 2.90. The lowest BCUT2D eigenvalue weighted by atomic mass is 9.78. The minimum Gasteiger partial charge on any atom is -0.493 e. The van der Waals surface area contributed by atoms with Gasteiger partial charge in [0, 0.05) is 18.7 Å². The van der Waals surface area contributed by atoms with E-state index in [0.717, 1.165) is 18.0 Å². The largest absolute Gasteiger partial charge is 0.493 e. The number of likely N-dealkylation sites (tertiary alicyclic amines) is 1. The van der Waals surface area contributed by atoms with Crippen LogP contribution in [0.3, 0.4) is 0 Å². The fourth-order valence-corrected chi connectivity index (χ4v) is 3.85. The number of hydrogen-bond donors (Lipinski definition) is 1. The minimum atomic E-state index is 0. The summed E-state index contributed by atoms with van der Waals surface area (Å²) in [5.41, 5.74) is 1.78. The fourth-order valence-electron chi connectivity index (χ4n) is 3.85. The SMILES string of the molecule is COc1cccc(CN2CCC3(CCNCC3)C2)c1OC.Cl. The zero-order valence-corrected chi connectivity index (χ0v) is 14.4. The Balaban J connectivity index is 0.00000176. The lowest BCUT2D eigenvalue weighted by molar-refractivity contribution is 0.193. The van der Waals surface area contributed by atoms with E-state index in [1.54, 1.807) is 14.2 Å². The van der Waals surface area contributed by atoms with E-state index in [1.165, 1.54) is 51.0 Å². The maximum atomic E-state index is 5.55. The zero-order valence-electron chi connectivity index (χ0n) is 13.6. The molecule has 0 atom stereocenters. The van der Waals surface area contributed by atoms with Crippen molar-refractivity contribution in [1.82, 2.24) is 10.2 Å². The normalized spacial score (nSPS) is 20.6. The summed E-state index contributed by atoms with van der Waals surface area (Å²) in [5, 5.41) is 3.48. The van der Waals surface area contributed by atoms with E-state index in [9.17, 15) is 0 Å². The lowest BCUT2D eigenvalue weighted by Crippen LogP contribution is -2.38. The Bertz CT molecular complexity index is 490. The molecule has 0 radical (unpaired) electrons. The Labute approximate surface area is 139 Å². The van der Waals surface area contributed by atoms with Crippen LogP contribution in [0.1, 0.15) is 24.8 Å². The van der Waals surface area contributed by atoms with E-state index in [1.807, 2.05) is 12.1 Å². The number of para-hydroxylation sites is 1. The molecule has 124 valence electrons. The first-order chi connectivity index (χ1) is 10.3. The fraction of sp³-hybridized carbons (Fsp3) is 0.647. The van der Waals surface area contributed by atoms with Crippen molar-refractivity contribution in [2.45, 2.75) is 25.8 Å². The summed E-state index contributed by atoms with van der Waals surface area (Å²) in [6, 6.07) is 6.16. The highest BCUT2D eigenvalue weighted by Crippen LogP contribution is 2.40. The van der Waals surface area contributed by atoms with Crippen LogP contribution in [-0.4, -0.2) is 45.3 Å². The van der Waals surface area contributed by atoms with Crippen molar-refractivity contribution < 1.29 is 9.47 Å². The van der Waals surface area contributed by atoms with E-state index in [-0.39, 0.29) is 12.4 Å². The van der Waals surface area contributed by atoms with Crippen molar-refractivity contribution in [1.29, 1.82) is 0 Å². The molecule has 2 saturated heterocycles. The van der Waals surface area contributed by atoms with Gasteiger partial charge in [0.25, 0.3) is 0 Å². The molecule has 2 heterocycles. The molecule has 1 spiro atoms. The van der Waals surface area contributed by atoms with Gasteiger partial charge in [0.05, 0.1) is 14.2 Å². The van der Waals surface area contributed by atoms with Crippen LogP contribution in [0.25, 0.3) is 0 Å². The first kappa shape index (κ1) is 17.4. The number of ether oxygens (including phenoxy) is 2. The van der Waals surface area contributed by atoms with Crippen molar-refractivity contribution in [3.05, 3.63) is 23.8 Å².